The first kappa shape index (κ1) is 20.7. The van der Waals surface area contributed by atoms with E-state index >= 15 is 0 Å². The molecular weight excluding hydrogens is 290 g/mol. The van der Waals surface area contributed by atoms with Crippen LogP contribution in [0.25, 0.3) is 6.08 Å². The molecule has 111 valence electrons. The molecule has 0 saturated carbocycles. The maximum atomic E-state index is 12.2. The minimum Gasteiger partial charge on any atom is -0.497 e. The Morgan fingerprint density at radius 3 is 2.46 bits per heavy atom. The van der Waals surface area contributed by atoms with E-state index < -0.39 is 6.39 Å². The molecule has 0 spiro atoms. The zero-order valence-electron chi connectivity index (χ0n) is 14.5. The summed E-state index contributed by atoms with van der Waals surface area (Å²) < 4.78 is 5.21. The van der Waals surface area contributed by atoms with Gasteiger partial charge < -0.3 is 9.64 Å². The van der Waals surface area contributed by atoms with Crippen LogP contribution in [0.2, 0.25) is 0 Å². The molecule has 1 atom stereocenters. The first-order valence-corrected chi connectivity index (χ1v) is 7.85. The first-order valence-electron chi connectivity index (χ1n) is 7.85. The number of nitrogens with zero attached hydrogens (tertiary/aromatic N) is 1. The summed E-state index contributed by atoms with van der Waals surface area (Å²) in [6.45, 7) is 4.58. The number of rotatable bonds is 4. The van der Waals surface area contributed by atoms with Crippen molar-refractivity contribution in [1.29, 1.82) is 0 Å². The van der Waals surface area contributed by atoms with Gasteiger partial charge in [0, 0.05) is 63.4 Å². The molecule has 0 aliphatic carbocycles. The van der Waals surface area contributed by atoms with Gasteiger partial charge in [-0.05, 0) is 24.6 Å². The number of anilines is 1. The van der Waals surface area contributed by atoms with E-state index in [9.17, 15) is 4.79 Å². The van der Waals surface area contributed by atoms with Crippen LogP contribution in [0, 0.1) is 5.92 Å². The van der Waals surface area contributed by atoms with Crippen molar-refractivity contribution >= 4 is 68.5 Å². The molecule has 0 N–H and O–H groups in total. The molecule has 2 rings (SSSR count). The number of hydrogen-bond acceptors (Lipinski definition) is 2. The average molecular weight is 307 g/mol. The molecule has 1 amide bonds. The number of carbonyl (C=O) groups excluding carboxylic acids is 1. The van der Waals surface area contributed by atoms with Crippen LogP contribution < -0.4 is 9.64 Å². The molecule has 1 aliphatic heterocycles. The monoisotopic (exact) mass is 308 g/mol. The molecule has 9 radical (unpaired) electrons. The summed E-state index contributed by atoms with van der Waals surface area (Å²) in [5.74, 6) is 0.835. The van der Waals surface area contributed by atoms with Crippen LogP contribution in [0.5, 0.6) is 5.75 Å². The van der Waals surface area contributed by atoms with Crippen molar-refractivity contribution in [2.24, 2.45) is 5.92 Å². The summed E-state index contributed by atoms with van der Waals surface area (Å²) in [6, 6.07) is 5.81. The smallest absolute Gasteiger partial charge is 0.233 e. The van der Waals surface area contributed by atoms with Gasteiger partial charge in [0.2, 0.25) is 5.91 Å². The third-order valence-corrected chi connectivity index (χ3v) is 3.73. The SMILES string of the molecule is CCN1C(=O)C(C)C=Cc2ccc(OC)cc21.[B][B]B([B])B([B])[B]. The summed E-state index contributed by atoms with van der Waals surface area (Å²) in [5, 5.41) is 0. The summed E-state index contributed by atoms with van der Waals surface area (Å²) >= 11 is 0. The van der Waals surface area contributed by atoms with E-state index in [-0.39, 0.29) is 18.2 Å². The fourth-order valence-electron chi connectivity index (χ4n) is 2.17. The van der Waals surface area contributed by atoms with Crippen molar-refractivity contribution < 1.29 is 9.53 Å². The Balaban J connectivity index is 0.000000351. The molecule has 0 saturated heterocycles. The highest BCUT2D eigenvalue weighted by Crippen LogP contribution is 2.31. The van der Waals surface area contributed by atoms with E-state index in [0.717, 1.165) is 17.0 Å². The largest absolute Gasteiger partial charge is 0.497 e. The fraction of sp³-hybridized carbons (Fsp3) is 0.357. The van der Waals surface area contributed by atoms with E-state index in [0.29, 0.717) is 6.54 Å². The second-order valence-electron chi connectivity index (χ2n) is 5.50. The molecule has 3 nitrogen and oxygen atoms in total. The van der Waals surface area contributed by atoms with Gasteiger partial charge in [-0.2, -0.15) is 0 Å². The maximum Gasteiger partial charge on any atom is 0.233 e. The molecule has 1 heterocycles. The maximum absolute atomic E-state index is 12.2. The predicted molar refractivity (Wildman–Crippen MR) is 109 cm³/mol. The summed E-state index contributed by atoms with van der Waals surface area (Å²) in [4.78, 5) is 14.0. The molecule has 10 heteroatoms. The van der Waals surface area contributed by atoms with Gasteiger partial charge in [-0.1, -0.05) is 19.1 Å². The van der Waals surface area contributed by atoms with Crippen LogP contribution in [0.15, 0.2) is 24.3 Å². The second-order valence-corrected chi connectivity index (χ2v) is 5.50. The van der Waals surface area contributed by atoms with Gasteiger partial charge in [-0.3, -0.25) is 4.79 Å². The van der Waals surface area contributed by atoms with E-state index in [1.165, 1.54) is 7.06 Å². The van der Waals surface area contributed by atoms with Gasteiger partial charge in [0.25, 0.3) is 0 Å². The van der Waals surface area contributed by atoms with Crippen molar-refractivity contribution in [2.75, 3.05) is 18.6 Å². The third kappa shape index (κ3) is 5.36. The van der Waals surface area contributed by atoms with Crippen LogP contribution in [-0.2, 0) is 4.79 Å². The number of carbonyl (C=O) groups is 1. The Morgan fingerprint density at radius 1 is 1.33 bits per heavy atom. The third-order valence-electron chi connectivity index (χ3n) is 3.73. The van der Waals surface area contributed by atoms with Crippen LogP contribution in [0.3, 0.4) is 0 Å². The van der Waals surface area contributed by atoms with E-state index in [1.54, 1.807) is 7.11 Å². The van der Waals surface area contributed by atoms with Gasteiger partial charge in [0.15, 0.2) is 0 Å². The second kappa shape index (κ2) is 9.85. The standard InChI is InChI=1S/C14H17NO2.B7/c1-4-15-13-9-12(17-3)8-7-11(13)6-5-10(2)14(15)16;1-5-7(4)6(2)3/h5-10H,4H2,1-3H3;. The van der Waals surface area contributed by atoms with Crippen LogP contribution in [0.4, 0.5) is 5.69 Å². The van der Waals surface area contributed by atoms with E-state index in [2.05, 4.69) is 0 Å². The lowest BCUT2D eigenvalue weighted by Crippen LogP contribution is -2.43. The van der Waals surface area contributed by atoms with Crippen LogP contribution in [0.1, 0.15) is 19.4 Å². The predicted octanol–water partition coefficient (Wildman–Crippen LogP) is 0.0454. The molecule has 0 aromatic heterocycles. The Morgan fingerprint density at radius 2 is 2.00 bits per heavy atom. The molecular formula is C14H17B7NO2. The minimum absolute atomic E-state index is 0.0756. The summed E-state index contributed by atoms with van der Waals surface area (Å²) in [7, 11) is 23.2. The highest BCUT2D eigenvalue weighted by Gasteiger charge is 2.23. The van der Waals surface area contributed by atoms with Gasteiger partial charge >= 0.3 is 0 Å². The number of fused-ring (bicyclic) bond motifs is 1. The Hall–Kier alpha value is -1.32. The van der Waals surface area contributed by atoms with Crippen molar-refractivity contribution in [3.63, 3.8) is 0 Å². The lowest BCUT2D eigenvalue weighted by molar-refractivity contribution is -0.120. The highest BCUT2D eigenvalue weighted by molar-refractivity contribution is 7.81. The van der Waals surface area contributed by atoms with Crippen molar-refractivity contribution in [3.8, 4) is 5.75 Å². The molecule has 1 aromatic rings. The summed E-state index contributed by atoms with van der Waals surface area (Å²) in [6.07, 6.45) is 3.03. The van der Waals surface area contributed by atoms with Crippen molar-refractivity contribution in [3.05, 3.63) is 29.8 Å². The number of amides is 1. The normalized spacial score (nSPS) is 15.5. The van der Waals surface area contributed by atoms with E-state index in [4.69, 9.17) is 35.7 Å². The number of hydrogen-bond donors (Lipinski definition) is 0. The number of ether oxygens (including phenoxy) is 1. The first-order chi connectivity index (χ1) is 11.3. The molecule has 1 unspecified atom stereocenters. The zero-order chi connectivity index (χ0) is 18.3. The molecule has 1 aromatic carbocycles. The molecule has 0 bridgehead atoms. The number of methoxy groups -OCH3 is 1. The average Bonchev–Trinajstić information content (AvgIpc) is 2.71. The van der Waals surface area contributed by atoms with Crippen molar-refractivity contribution in [2.45, 2.75) is 13.8 Å². The molecule has 1 aliphatic rings. The van der Waals surface area contributed by atoms with Crippen LogP contribution in [-0.4, -0.2) is 70.3 Å². The van der Waals surface area contributed by atoms with Crippen LogP contribution >= 0.6 is 0 Å². The Bertz CT molecular complexity index is 582. The van der Waals surface area contributed by atoms with Gasteiger partial charge in [-0.15, -0.1) is 0 Å². The zero-order valence-corrected chi connectivity index (χ0v) is 14.5. The Kier molecular flexibility index (Phi) is 8.51. The highest BCUT2D eigenvalue weighted by atomic mass is 16.5. The molecule has 24 heavy (non-hydrogen) atoms. The van der Waals surface area contributed by atoms with Crippen molar-refractivity contribution in [1.82, 2.24) is 0 Å². The number of benzene rings is 1. The van der Waals surface area contributed by atoms with Gasteiger partial charge in [-0.25, -0.2) is 0 Å². The molecule has 0 fully saturated rings. The summed E-state index contributed by atoms with van der Waals surface area (Å²) in [5.41, 5.74) is 1.99. The van der Waals surface area contributed by atoms with Gasteiger partial charge in [0.1, 0.15) is 5.75 Å². The lowest BCUT2D eigenvalue weighted by Gasteiger charge is -2.23. The quantitative estimate of drug-likeness (QED) is 0.736. The lowest BCUT2D eigenvalue weighted by atomic mass is 8.76. The van der Waals surface area contributed by atoms with Gasteiger partial charge in [0.05, 0.1) is 18.7 Å². The Labute approximate surface area is 152 Å². The fourth-order valence-corrected chi connectivity index (χ4v) is 2.17. The minimum atomic E-state index is -0.537. The van der Waals surface area contributed by atoms with E-state index in [1.807, 2.05) is 49.1 Å². The topological polar surface area (TPSA) is 29.5 Å².